The zero-order chi connectivity index (χ0) is 22.6. The first-order valence-corrected chi connectivity index (χ1v) is 13.2. The van der Waals surface area contributed by atoms with Crippen molar-refractivity contribution in [3.05, 3.63) is 52.1 Å². The average Bonchev–Trinajstić information content (AvgIpc) is 3.22. The fourth-order valence-electron chi connectivity index (χ4n) is 4.35. The normalized spacial score (nSPS) is 17.7. The number of sulfonamides is 1. The van der Waals surface area contributed by atoms with E-state index in [2.05, 4.69) is 0 Å². The van der Waals surface area contributed by atoms with E-state index in [1.165, 1.54) is 12.1 Å². The third kappa shape index (κ3) is 4.27. The van der Waals surface area contributed by atoms with Gasteiger partial charge in [0.2, 0.25) is 10.0 Å². The number of phenolic OH excluding ortho intramolecular Hbond substituents is 1. The van der Waals surface area contributed by atoms with Gasteiger partial charge in [-0.15, -0.1) is 0 Å². The molecule has 0 amide bonds. The van der Waals surface area contributed by atoms with Crippen molar-refractivity contribution in [2.24, 2.45) is 0 Å². The fourth-order valence-corrected chi connectivity index (χ4v) is 6.31. The van der Waals surface area contributed by atoms with Crippen LogP contribution in [0, 0.1) is 6.92 Å². The molecule has 1 N–H and O–H groups in total. The van der Waals surface area contributed by atoms with Gasteiger partial charge in [-0.1, -0.05) is 12.1 Å². The first kappa shape index (κ1) is 21.6. The second-order valence-electron chi connectivity index (χ2n) is 8.08. The maximum absolute atomic E-state index is 12.1. The van der Waals surface area contributed by atoms with Crippen molar-refractivity contribution in [1.29, 1.82) is 0 Å². The van der Waals surface area contributed by atoms with Crippen molar-refractivity contribution < 1.29 is 30.9 Å². The molecule has 0 spiro atoms. The number of anilines is 1. The van der Waals surface area contributed by atoms with Gasteiger partial charge in [-0.3, -0.25) is 9.10 Å². The Hall–Kier alpha value is -2.59. The minimum Gasteiger partial charge on any atom is -0.506 e. The van der Waals surface area contributed by atoms with E-state index in [9.17, 15) is 26.7 Å². The second kappa shape index (κ2) is 7.52. The largest absolute Gasteiger partial charge is 0.506 e. The first-order valence-electron chi connectivity index (χ1n) is 9.82. The van der Waals surface area contributed by atoms with E-state index in [1.807, 2.05) is 13.0 Å². The van der Waals surface area contributed by atoms with Crippen LogP contribution in [-0.2, 0) is 44.2 Å². The van der Waals surface area contributed by atoms with Gasteiger partial charge in [0, 0.05) is 12.0 Å². The van der Waals surface area contributed by atoms with Gasteiger partial charge in [0.1, 0.15) is 17.3 Å². The van der Waals surface area contributed by atoms with Crippen LogP contribution in [0.1, 0.15) is 34.2 Å². The number of hydrogen-bond donors (Lipinski definition) is 1. The van der Waals surface area contributed by atoms with E-state index < -0.39 is 31.7 Å². The van der Waals surface area contributed by atoms with Gasteiger partial charge in [0.15, 0.2) is 5.78 Å². The molecule has 4 rings (SSSR count). The van der Waals surface area contributed by atoms with Crippen LogP contribution in [0.15, 0.2) is 24.3 Å². The van der Waals surface area contributed by atoms with E-state index in [1.54, 1.807) is 6.07 Å². The lowest BCUT2D eigenvalue weighted by Gasteiger charge is -2.19. The Bertz CT molecular complexity index is 1300. The van der Waals surface area contributed by atoms with Gasteiger partial charge in [0.25, 0.3) is 0 Å². The Morgan fingerprint density at radius 2 is 1.87 bits per heavy atom. The minimum atomic E-state index is -3.79. The topological polar surface area (TPSA) is 118 Å². The van der Waals surface area contributed by atoms with Crippen LogP contribution in [0.2, 0.25) is 0 Å². The van der Waals surface area contributed by atoms with Crippen LogP contribution in [0.25, 0.3) is 0 Å². The third-order valence-corrected chi connectivity index (χ3v) is 7.74. The molecule has 31 heavy (non-hydrogen) atoms. The summed E-state index contributed by atoms with van der Waals surface area (Å²) in [7, 11) is -7.51. The monoisotopic (exact) mass is 465 g/mol. The van der Waals surface area contributed by atoms with E-state index in [0.717, 1.165) is 46.5 Å². The van der Waals surface area contributed by atoms with Crippen molar-refractivity contribution >= 4 is 31.6 Å². The summed E-state index contributed by atoms with van der Waals surface area (Å²) in [6.45, 7) is 1.68. The number of aromatic hydroxyl groups is 1. The summed E-state index contributed by atoms with van der Waals surface area (Å²) < 4.78 is 54.3. The Morgan fingerprint density at radius 1 is 1.16 bits per heavy atom. The number of nitrogens with zero attached hydrogens (tertiary/aromatic N) is 1. The predicted molar refractivity (Wildman–Crippen MR) is 116 cm³/mol. The highest BCUT2D eigenvalue weighted by Gasteiger charge is 2.36. The average molecular weight is 466 g/mol. The summed E-state index contributed by atoms with van der Waals surface area (Å²) in [5.74, 6) is -0.926. The summed E-state index contributed by atoms with van der Waals surface area (Å²) in [5.41, 5.74) is 4.46. The molecular formula is C21H23NO7S2. The Balaban J connectivity index is 1.71. The number of Topliss-reactive ketones (excluding diaryl/α,β-unsaturated/α-hetero) is 1. The maximum atomic E-state index is 12.1. The van der Waals surface area contributed by atoms with Gasteiger partial charge in [-0.2, -0.15) is 8.42 Å². The molecule has 2 aromatic carbocycles. The highest BCUT2D eigenvalue weighted by Crippen LogP contribution is 2.39. The molecule has 8 nitrogen and oxygen atoms in total. The van der Waals surface area contributed by atoms with Gasteiger partial charge in [-0.25, -0.2) is 8.42 Å². The van der Waals surface area contributed by atoms with Crippen molar-refractivity contribution in [1.82, 2.24) is 0 Å². The van der Waals surface area contributed by atoms with Gasteiger partial charge in [-0.05, 0) is 60.6 Å². The summed E-state index contributed by atoms with van der Waals surface area (Å²) in [5, 5.41) is 10.5. The molecule has 1 saturated heterocycles. The molecule has 2 aromatic rings. The molecule has 1 heterocycles. The summed E-state index contributed by atoms with van der Waals surface area (Å²) in [4.78, 5) is 11.6. The van der Waals surface area contributed by atoms with Crippen molar-refractivity contribution in [2.75, 3.05) is 22.9 Å². The lowest BCUT2D eigenvalue weighted by atomic mass is 9.95. The lowest BCUT2D eigenvalue weighted by Crippen LogP contribution is -2.25. The Kier molecular flexibility index (Phi) is 5.25. The number of aryl methyl sites for hydroxylation is 1. The molecular weight excluding hydrogens is 442 g/mol. The number of ketones is 1. The Morgan fingerprint density at radius 3 is 2.48 bits per heavy atom. The van der Waals surface area contributed by atoms with E-state index in [0.29, 0.717) is 23.3 Å². The highest BCUT2D eigenvalue weighted by molar-refractivity contribution is 7.94. The molecule has 1 aliphatic heterocycles. The van der Waals surface area contributed by atoms with Crippen molar-refractivity contribution in [3.63, 3.8) is 0 Å². The molecule has 0 unspecified atom stereocenters. The molecule has 0 atom stereocenters. The molecule has 0 radical (unpaired) electrons. The molecule has 2 aliphatic rings. The van der Waals surface area contributed by atoms with Crippen LogP contribution in [0.5, 0.6) is 11.5 Å². The zero-order valence-corrected chi connectivity index (χ0v) is 18.8. The molecule has 166 valence electrons. The van der Waals surface area contributed by atoms with E-state index in [4.69, 9.17) is 4.18 Å². The predicted octanol–water partition coefficient (Wildman–Crippen LogP) is 1.84. The van der Waals surface area contributed by atoms with Crippen molar-refractivity contribution in [3.8, 4) is 11.5 Å². The molecule has 0 saturated carbocycles. The number of hydrogen-bond acceptors (Lipinski definition) is 7. The number of benzene rings is 2. The minimum absolute atomic E-state index is 0.0485. The molecule has 1 aliphatic carbocycles. The fraction of sp³-hybridized carbons (Fsp3) is 0.381. The summed E-state index contributed by atoms with van der Waals surface area (Å²) >= 11 is 0. The number of phenols is 1. The molecule has 1 fully saturated rings. The maximum Gasteiger partial charge on any atom is 0.306 e. The quantitative estimate of drug-likeness (QED) is 0.670. The van der Waals surface area contributed by atoms with Crippen LogP contribution >= 0.6 is 0 Å². The number of carbonyl (C=O) groups is 1. The number of rotatable bonds is 5. The molecule has 10 heteroatoms. The van der Waals surface area contributed by atoms with Gasteiger partial charge >= 0.3 is 10.1 Å². The summed E-state index contributed by atoms with van der Waals surface area (Å²) in [6, 6.07) is 6.44. The molecule has 0 aromatic heterocycles. The highest BCUT2D eigenvalue weighted by atomic mass is 32.2. The van der Waals surface area contributed by atoms with Crippen LogP contribution in [0.4, 0.5) is 5.69 Å². The second-order valence-corrected chi connectivity index (χ2v) is 11.5. The number of carbonyl (C=O) groups excluding carboxylic acids is 1. The lowest BCUT2D eigenvalue weighted by molar-refractivity contribution is -0.114. The smallest absolute Gasteiger partial charge is 0.306 e. The SMILES string of the molecule is Cc1cc(Cc2ccc(N3CC(=O)CS3(=O)=O)c(O)c2)c(OS(C)(=O)=O)c2c1CCC2. The van der Waals surface area contributed by atoms with Crippen molar-refractivity contribution in [2.45, 2.75) is 32.6 Å². The first-order chi connectivity index (χ1) is 14.4. The van der Waals surface area contributed by atoms with E-state index in [-0.39, 0.29) is 18.0 Å². The van der Waals surface area contributed by atoms with Crippen LogP contribution < -0.4 is 8.49 Å². The Labute approximate surface area is 181 Å². The molecule has 0 bridgehead atoms. The van der Waals surface area contributed by atoms with Crippen LogP contribution in [0.3, 0.4) is 0 Å². The number of fused-ring (bicyclic) bond motifs is 1. The third-order valence-electron chi connectivity index (χ3n) is 5.59. The zero-order valence-electron chi connectivity index (χ0n) is 17.2. The van der Waals surface area contributed by atoms with E-state index >= 15 is 0 Å². The summed E-state index contributed by atoms with van der Waals surface area (Å²) in [6.07, 6.45) is 3.84. The van der Waals surface area contributed by atoms with Gasteiger partial charge in [0.05, 0.1) is 18.5 Å². The van der Waals surface area contributed by atoms with Gasteiger partial charge < -0.3 is 9.29 Å². The van der Waals surface area contributed by atoms with Crippen LogP contribution in [-0.4, -0.2) is 46.3 Å². The standard InChI is InChI=1S/C21H23NO7S2/c1-13-8-15(21(29-30(2,25)26)18-5-3-4-17(13)18)9-14-6-7-19(20(24)10-14)22-11-16(23)12-31(22,27)28/h6-8,10,24H,3-5,9,11-12H2,1-2H3.